The van der Waals surface area contributed by atoms with E-state index in [2.05, 4.69) is 16.9 Å². The molecule has 0 aliphatic heterocycles. The molecule has 0 spiro atoms. The van der Waals surface area contributed by atoms with Gasteiger partial charge in [0.15, 0.2) is 0 Å². The lowest BCUT2D eigenvalue weighted by Gasteiger charge is -2.21. The van der Waals surface area contributed by atoms with Gasteiger partial charge in [-0.1, -0.05) is 19.1 Å². The monoisotopic (exact) mass is 365 g/mol. The van der Waals surface area contributed by atoms with Gasteiger partial charge in [0, 0.05) is 18.9 Å². The highest BCUT2D eigenvalue weighted by Crippen LogP contribution is 2.37. The minimum atomic E-state index is -4.55. The van der Waals surface area contributed by atoms with Crippen molar-refractivity contribution in [3.8, 4) is 5.88 Å². The molecule has 0 saturated heterocycles. The molecule has 140 valence electrons. The second-order valence-electron chi connectivity index (χ2n) is 6.49. The van der Waals surface area contributed by atoms with E-state index in [1.807, 2.05) is 24.3 Å². The number of ether oxygens (including phenoxy) is 1. The van der Waals surface area contributed by atoms with E-state index in [0.29, 0.717) is 0 Å². The molecule has 4 nitrogen and oxygen atoms in total. The first-order valence-corrected chi connectivity index (χ1v) is 8.82. The molecule has 2 aromatic rings. The van der Waals surface area contributed by atoms with Gasteiger partial charge in [-0.3, -0.25) is 0 Å². The Balaban J connectivity index is 1.91. The van der Waals surface area contributed by atoms with Crippen LogP contribution in [-0.2, 0) is 12.6 Å². The predicted octanol–water partition coefficient (Wildman–Crippen LogP) is 5.15. The molecule has 0 bridgehead atoms. The van der Waals surface area contributed by atoms with Crippen molar-refractivity contribution in [3.63, 3.8) is 0 Å². The van der Waals surface area contributed by atoms with Gasteiger partial charge in [-0.2, -0.15) is 18.2 Å². The number of halogens is 3. The zero-order valence-electron chi connectivity index (χ0n) is 14.9. The summed E-state index contributed by atoms with van der Waals surface area (Å²) in [6.07, 6.45) is 0.405. The molecule has 0 unspecified atom stereocenters. The van der Waals surface area contributed by atoms with Crippen molar-refractivity contribution in [2.24, 2.45) is 0 Å². The standard InChI is InChI=1S/C19H22F3N3O/c1-3-13-8-10-14(11-9-13)25(2)18-23-12-16(19(20,21)22)17(24-18)26-15-6-4-5-7-15/h8-12,15H,3-7H2,1-2H3. The van der Waals surface area contributed by atoms with Crippen LogP contribution in [0.4, 0.5) is 24.8 Å². The highest BCUT2D eigenvalue weighted by Gasteiger charge is 2.37. The third-order valence-electron chi connectivity index (χ3n) is 4.66. The first-order chi connectivity index (χ1) is 12.4. The van der Waals surface area contributed by atoms with E-state index in [0.717, 1.165) is 44.0 Å². The highest BCUT2D eigenvalue weighted by atomic mass is 19.4. The Labute approximate surface area is 151 Å². The number of aromatic nitrogens is 2. The van der Waals surface area contributed by atoms with Crippen LogP contribution in [-0.4, -0.2) is 23.1 Å². The van der Waals surface area contributed by atoms with Crippen LogP contribution in [0.25, 0.3) is 0 Å². The SMILES string of the molecule is CCc1ccc(N(C)c2ncc(C(F)(F)F)c(OC3CCCC3)n2)cc1. The number of nitrogens with zero attached hydrogens (tertiary/aromatic N) is 3. The van der Waals surface area contributed by atoms with Crippen LogP contribution in [0, 0.1) is 0 Å². The lowest BCUT2D eigenvalue weighted by Crippen LogP contribution is -2.20. The van der Waals surface area contributed by atoms with Crippen molar-refractivity contribution in [2.75, 3.05) is 11.9 Å². The van der Waals surface area contributed by atoms with Gasteiger partial charge >= 0.3 is 6.18 Å². The average Bonchev–Trinajstić information content (AvgIpc) is 3.13. The Bertz CT molecular complexity index is 741. The number of anilines is 2. The van der Waals surface area contributed by atoms with Crippen molar-refractivity contribution in [1.29, 1.82) is 0 Å². The maximum absolute atomic E-state index is 13.3. The Kier molecular flexibility index (Phi) is 5.34. The highest BCUT2D eigenvalue weighted by molar-refractivity contribution is 5.57. The molecule has 1 aliphatic rings. The van der Waals surface area contributed by atoms with Crippen LogP contribution >= 0.6 is 0 Å². The van der Waals surface area contributed by atoms with Gasteiger partial charge in [0.25, 0.3) is 0 Å². The molecule has 1 heterocycles. The molecule has 1 aromatic carbocycles. The van der Waals surface area contributed by atoms with E-state index in [1.165, 1.54) is 5.56 Å². The maximum Gasteiger partial charge on any atom is 0.423 e. The van der Waals surface area contributed by atoms with Crippen LogP contribution < -0.4 is 9.64 Å². The van der Waals surface area contributed by atoms with Crippen molar-refractivity contribution in [2.45, 2.75) is 51.3 Å². The average molecular weight is 365 g/mol. The van der Waals surface area contributed by atoms with Gasteiger partial charge in [0.1, 0.15) is 11.7 Å². The summed E-state index contributed by atoms with van der Waals surface area (Å²) in [6, 6.07) is 7.76. The number of aryl methyl sites for hydroxylation is 1. The third-order valence-corrected chi connectivity index (χ3v) is 4.66. The number of alkyl halides is 3. The van der Waals surface area contributed by atoms with Crippen LogP contribution in [0.15, 0.2) is 30.5 Å². The van der Waals surface area contributed by atoms with E-state index < -0.39 is 11.7 Å². The van der Waals surface area contributed by atoms with Crippen LogP contribution in [0.5, 0.6) is 5.88 Å². The molecule has 0 N–H and O–H groups in total. The smallest absolute Gasteiger partial charge is 0.423 e. The third kappa shape index (κ3) is 4.08. The first kappa shape index (κ1) is 18.5. The van der Waals surface area contributed by atoms with Crippen molar-refractivity contribution in [3.05, 3.63) is 41.6 Å². The number of benzene rings is 1. The summed E-state index contributed by atoms with van der Waals surface area (Å²) in [5, 5.41) is 0. The lowest BCUT2D eigenvalue weighted by atomic mass is 10.1. The first-order valence-electron chi connectivity index (χ1n) is 8.82. The summed E-state index contributed by atoms with van der Waals surface area (Å²) < 4.78 is 45.5. The Morgan fingerprint density at radius 1 is 1.15 bits per heavy atom. The van der Waals surface area contributed by atoms with Crippen molar-refractivity contribution in [1.82, 2.24) is 9.97 Å². The van der Waals surface area contributed by atoms with Gasteiger partial charge < -0.3 is 9.64 Å². The molecule has 0 amide bonds. The Hall–Kier alpha value is -2.31. The summed E-state index contributed by atoms with van der Waals surface area (Å²) in [5.74, 6) is -0.207. The predicted molar refractivity (Wildman–Crippen MR) is 93.8 cm³/mol. The normalized spacial score (nSPS) is 15.3. The van der Waals surface area contributed by atoms with E-state index in [-0.39, 0.29) is 17.9 Å². The van der Waals surface area contributed by atoms with E-state index >= 15 is 0 Å². The van der Waals surface area contributed by atoms with Crippen molar-refractivity contribution < 1.29 is 17.9 Å². The molecule has 1 aliphatic carbocycles. The second-order valence-corrected chi connectivity index (χ2v) is 6.49. The zero-order chi connectivity index (χ0) is 18.7. The van der Waals surface area contributed by atoms with Gasteiger partial charge in [0.05, 0.1) is 0 Å². The zero-order valence-corrected chi connectivity index (χ0v) is 14.9. The van der Waals surface area contributed by atoms with Crippen LogP contribution in [0.1, 0.15) is 43.7 Å². The molecular weight excluding hydrogens is 343 g/mol. The summed E-state index contributed by atoms with van der Waals surface area (Å²) in [4.78, 5) is 9.66. The van der Waals surface area contributed by atoms with Crippen LogP contribution in [0.2, 0.25) is 0 Å². The minimum Gasteiger partial charge on any atom is -0.474 e. The molecule has 26 heavy (non-hydrogen) atoms. The summed E-state index contributed by atoms with van der Waals surface area (Å²) in [7, 11) is 1.73. The molecule has 0 atom stereocenters. The molecule has 1 fully saturated rings. The number of hydrogen-bond acceptors (Lipinski definition) is 4. The van der Waals surface area contributed by atoms with E-state index in [9.17, 15) is 13.2 Å². The van der Waals surface area contributed by atoms with Gasteiger partial charge in [-0.15, -0.1) is 0 Å². The fourth-order valence-corrected chi connectivity index (χ4v) is 3.04. The molecular formula is C19H22F3N3O. The summed E-state index contributed by atoms with van der Waals surface area (Å²) in [6.45, 7) is 2.06. The number of hydrogen-bond donors (Lipinski definition) is 0. The molecule has 0 radical (unpaired) electrons. The molecule has 1 aromatic heterocycles. The maximum atomic E-state index is 13.3. The lowest BCUT2D eigenvalue weighted by molar-refractivity contribution is -0.139. The molecule has 7 heteroatoms. The Morgan fingerprint density at radius 3 is 2.38 bits per heavy atom. The molecule has 1 saturated carbocycles. The minimum absolute atomic E-state index is 0.176. The van der Waals surface area contributed by atoms with Gasteiger partial charge in [-0.25, -0.2) is 4.98 Å². The Morgan fingerprint density at radius 2 is 1.81 bits per heavy atom. The van der Waals surface area contributed by atoms with Crippen molar-refractivity contribution >= 4 is 11.6 Å². The van der Waals surface area contributed by atoms with Crippen LogP contribution in [0.3, 0.4) is 0 Å². The summed E-state index contributed by atoms with van der Waals surface area (Å²) in [5.41, 5.74) is 1.05. The van der Waals surface area contributed by atoms with Gasteiger partial charge in [-0.05, 0) is 49.8 Å². The van der Waals surface area contributed by atoms with E-state index in [4.69, 9.17) is 4.74 Å². The molecule has 3 rings (SSSR count). The quantitative estimate of drug-likeness (QED) is 0.735. The fraction of sp³-hybridized carbons (Fsp3) is 0.474. The van der Waals surface area contributed by atoms with E-state index in [1.54, 1.807) is 11.9 Å². The second kappa shape index (κ2) is 7.51. The topological polar surface area (TPSA) is 38.2 Å². The largest absolute Gasteiger partial charge is 0.474 e. The van der Waals surface area contributed by atoms with Gasteiger partial charge in [0.2, 0.25) is 11.8 Å². The fourth-order valence-electron chi connectivity index (χ4n) is 3.04. The number of rotatable bonds is 5. The summed E-state index contributed by atoms with van der Waals surface area (Å²) >= 11 is 0.